The maximum Gasteiger partial charge on any atom is 0.343 e. The molecule has 2 aromatic carbocycles. The number of rotatable bonds is 3. The zero-order valence-electron chi connectivity index (χ0n) is 11.1. The smallest absolute Gasteiger partial charge is 0.343 e. The second kappa shape index (κ2) is 6.77. The fourth-order valence-corrected chi connectivity index (χ4v) is 4.98. The Bertz CT molecular complexity index is 620. The molecule has 0 N–H and O–H groups in total. The fourth-order valence-electron chi connectivity index (χ4n) is 2.00. The third-order valence-electron chi connectivity index (χ3n) is 3.06. The number of hydrogen-bond acceptors (Lipinski definition) is 4. The molecule has 1 aliphatic rings. The summed E-state index contributed by atoms with van der Waals surface area (Å²) < 4.78 is 5.87. The van der Waals surface area contributed by atoms with Crippen LogP contribution in [0.5, 0.6) is 5.75 Å². The van der Waals surface area contributed by atoms with Crippen molar-refractivity contribution in [3.05, 3.63) is 64.7 Å². The van der Waals surface area contributed by atoms with Crippen LogP contribution in [0.3, 0.4) is 0 Å². The Hall–Kier alpha value is -1.10. The zero-order valence-corrected chi connectivity index (χ0v) is 13.5. The second-order valence-corrected chi connectivity index (χ2v) is 7.70. The first-order valence-corrected chi connectivity index (χ1v) is 9.01. The van der Waals surface area contributed by atoms with Crippen LogP contribution in [0.1, 0.15) is 20.5 Å². The molecular formula is C16H13ClO2S2. The van der Waals surface area contributed by atoms with E-state index in [1.165, 1.54) is 17.1 Å². The van der Waals surface area contributed by atoms with Gasteiger partial charge in [0.05, 0.1) is 10.1 Å². The first-order valence-electron chi connectivity index (χ1n) is 6.53. The Balaban J connectivity index is 1.67. The number of hydrogen-bond donors (Lipinski definition) is 0. The van der Waals surface area contributed by atoms with Gasteiger partial charge in [-0.2, -0.15) is 0 Å². The summed E-state index contributed by atoms with van der Waals surface area (Å²) in [6, 6.07) is 14.4. The highest BCUT2D eigenvalue weighted by Gasteiger charge is 2.18. The zero-order chi connectivity index (χ0) is 14.7. The topological polar surface area (TPSA) is 26.3 Å². The lowest BCUT2D eigenvalue weighted by molar-refractivity contribution is 0.0735. The standard InChI is InChI=1S/C16H13ClO2S2/c17-13-5-1-11(2-6-13)15(18)19-14-7-3-12(4-8-14)16-20-9-10-21-16/h1-8,16H,9-10H2. The van der Waals surface area contributed by atoms with Crippen LogP contribution in [-0.2, 0) is 0 Å². The maximum atomic E-state index is 12.0. The monoisotopic (exact) mass is 336 g/mol. The van der Waals surface area contributed by atoms with E-state index in [-0.39, 0.29) is 5.97 Å². The van der Waals surface area contributed by atoms with Crippen LogP contribution in [0.15, 0.2) is 48.5 Å². The van der Waals surface area contributed by atoms with E-state index < -0.39 is 0 Å². The van der Waals surface area contributed by atoms with E-state index >= 15 is 0 Å². The van der Waals surface area contributed by atoms with E-state index in [2.05, 4.69) is 0 Å². The van der Waals surface area contributed by atoms with Gasteiger partial charge in [0.25, 0.3) is 0 Å². The molecule has 1 fully saturated rings. The molecule has 0 aliphatic carbocycles. The van der Waals surface area contributed by atoms with Crippen LogP contribution >= 0.6 is 35.1 Å². The Morgan fingerprint density at radius 2 is 1.62 bits per heavy atom. The number of esters is 1. The normalized spacial score (nSPS) is 15.1. The Morgan fingerprint density at radius 1 is 1.00 bits per heavy atom. The predicted octanol–water partition coefficient (Wildman–Crippen LogP) is 5.04. The van der Waals surface area contributed by atoms with Crippen molar-refractivity contribution in [3.63, 3.8) is 0 Å². The molecule has 0 bridgehead atoms. The van der Waals surface area contributed by atoms with E-state index in [1.807, 2.05) is 47.8 Å². The van der Waals surface area contributed by atoms with Crippen molar-refractivity contribution in [2.45, 2.75) is 4.58 Å². The van der Waals surface area contributed by atoms with E-state index in [0.29, 0.717) is 20.9 Å². The molecule has 1 saturated heterocycles. The summed E-state index contributed by atoms with van der Waals surface area (Å²) in [5, 5.41) is 0.600. The molecule has 1 heterocycles. The van der Waals surface area contributed by atoms with Crippen LogP contribution in [0.4, 0.5) is 0 Å². The van der Waals surface area contributed by atoms with E-state index in [9.17, 15) is 4.79 Å². The molecule has 1 aliphatic heterocycles. The molecule has 0 unspecified atom stereocenters. The SMILES string of the molecule is O=C(Oc1ccc(C2SCCS2)cc1)c1ccc(Cl)cc1. The lowest BCUT2D eigenvalue weighted by Gasteiger charge is -2.09. The minimum atomic E-state index is -0.371. The summed E-state index contributed by atoms with van der Waals surface area (Å²) in [5.74, 6) is 2.58. The highest BCUT2D eigenvalue weighted by atomic mass is 35.5. The molecule has 0 amide bonds. The van der Waals surface area contributed by atoms with Gasteiger partial charge < -0.3 is 4.74 Å². The number of ether oxygens (including phenoxy) is 1. The quantitative estimate of drug-likeness (QED) is 0.579. The molecule has 0 radical (unpaired) electrons. The van der Waals surface area contributed by atoms with Crippen LogP contribution in [0.25, 0.3) is 0 Å². The highest BCUT2D eigenvalue weighted by Crippen LogP contribution is 2.45. The molecule has 0 atom stereocenters. The van der Waals surface area contributed by atoms with Crippen molar-refractivity contribution >= 4 is 41.1 Å². The van der Waals surface area contributed by atoms with Gasteiger partial charge in [0, 0.05) is 16.5 Å². The number of thioether (sulfide) groups is 2. The predicted molar refractivity (Wildman–Crippen MR) is 90.5 cm³/mol. The summed E-state index contributed by atoms with van der Waals surface area (Å²) in [6.45, 7) is 0. The molecule has 2 nitrogen and oxygen atoms in total. The Morgan fingerprint density at radius 3 is 2.24 bits per heavy atom. The van der Waals surface area contributed by atoms with E-state index in [1.54, 1.807) is 24.3 Å². The second-order valence-electron chi connectivity index (χ2n) is 4.54. The van der Waals surface area contributed by atoms with Crippen molar-refractivity contribution < 1.29 is 9.53 Å². The minimum absolute atomic E-state index is 0.371. The molecule has 21 heavy (non-hydrogen) atoms. The molecule has 0 aromatic heterocycles. The molecule has 108 valence electrons. The van der Waals surface area contributed by atoms with Gasteiger partial charge in [-0.1, -0.05) is 23.7 Å². The maximum absolute atomic E-state index is 12.0. The van der Waals surface area contributed by atoms with E-state index in [0.717, 1.165) is 0 Å². The third kappa shape index (κ3) is 3.76. The molecular weight excluding hydrogens is 324 g/mol. The number of halogens is 1. The van der Waals surface area contributed by atoms with Crippen molar-refractivity contribution in [3.8, 4) is 5.75 Å². The largest absolute Gasteiger partial charge is 0.423 e. The fraction of sp³-hybridized carbons (Fsp3) is 0.188. The van der Waals surface area contributed by atoms with Crippen molar-refractivity contribution in [2.75, 3.05) is 11.5 Å². The first kappa shape index (κ1) is 14.8. The number of carbonyl (C=O) groups excluding carboxylic acids is 1. The van der Waals surface area contributed by atoms with Gasteiger partial charge >= 0.3 is 5.97 Å². The van der Waals surface area contributed by atoms with Crippen molar-refractivity contribution in [1.29, 1.82) is 0 Å². The minimum Gasteiger partial charge on any atom is -0.423 e. The first-order chi connectivity index (χ1) is 10.2. The van der Waals surface area contributed by atoms with Gasteiger partial charge in [-0.15, -0.1) is 23.5 Å². The van der Waals surface area contributed by atoms with E-state index in [4.69, 9.17) is 16.3 Å². The molecule has 0 spiro atoms. The lowest BCUT2D eigenvalue weighted by atomic mass is 10.2. The van der Waals surface area contributed by atoms with Gasteiger partial charge in [0.2, 0.25) is 0 Å². The summed E-state index contributed by atoms with van der Waals surface area (Å²) >= 11 is 9.71. The van der Waals surface area contributed by atoms with Gasteiger partial charge in [-0.25, -0.2) is 4.79 Å². The van der Waals surface area contributed by atoms with Gasteiger partial charge in [-0.3, -0.25) is 0 Å². The van der Waals surface area contributed by atoms with Crippen molar-refractivity contribution in [2.24, 2.45) is 0 Å². The summed E-state index contributed by atoms with van der Waals surface area (Å²) in [6.07, 6.45) is 0. The average Bonchev–Trinajstić information content (AvgIpc) is 3.03. The lowest BCUT2D eigenvalue weighted by Crippen LogP contribution is -2.08. The summed E-state index contributed by atoms with van der Waals surface area (Å²) in [4.78, 5) is 12.0. The molecule has 2 aromatic rings. The third-order valence-corrected chi connectivity index (χ3v) is 6.42. The Labute approximate surface area is 137 Å². The number of carbonyl (C=O) groups is 1. The van der Waals surface area contributed by atoms with Crippen LogP contribution in [0, 0.1) is 0 Å². The van der Waals surface area contributed by atoms with Gasteiger partial charge in [0.15, 0.2) is 0 Å². The van der Waals surface area contributed by atoms with Gasteiger partial charge in [-0.05, 0) is 42.0 Å². The highest BCUT2D eigenvalue weighted by molar-refractivity contribution is 8.19. The molecule has 3 rings (SSSR count). The van der Waals surface area contributed by atoms with Gasteiger partial charge in [0.1, 0.15) is 5.75 Å². The summed E-state index contributed by atoms with van der Waals surface area (Å²) in [7, 11) is 0. The average molecular weight is 337 g/mol. The van der Waals surface area contributed by atoms with Crippen molar-refractivity contribution in [1.82, 2.24) is 0 Å². The molecule has 5 heteroatoms. The van der Waals surface area contributed by atoms with Crippen LogP contribution in [0.2, 0.25) is 5.02 Å². The number of benzene rings is 2. The van der Waals surface area contributed by atoms with Crippen LogP contribution < -0.4 is 4.74 Å². The molecule has 0 saturated carbocycles. The summed E-state index contributed by atoms with van der Waals surface area (Å²) in [5.41, 5.74) is 1.76. The van der Waals surface area contributed by atoms with Crippen LogP contribution in [-0.4, -0.2) is 17.5 Å². The Kier molecular flexibility index (Phi) is 4.78.